The second kappa shape index (κ2) is 14.9. The van der Waals surface area contributed by atoms with Gasteiger partial charge in [0.25, 0.3) is 5.56 Å². The molecule has 0 fully saturated rings. The van der Waals surface area contributed by atoms with E-state index in [-0.39, 0.29) is 35.1 Å². The number of pyridine rings is 1. The van der Waals surface area contributed by atoms with Crippen molar-refractivity contribution in [3.8, 4) is 11.1 Å². The summed E-state index contributed by atoms with van der Waals surface area (Å²) in [6.07, 6.45) is 2.85. The highest BCUT2D eigenvalue weighted by Gasteiger charge is 2.30. The molecule has 2 aromatic carbocycles. The molecule has 0 radical (unpaired) electrons. The van der Waals surface area contributed by atoms with Crippen molar-refractivity contribution >= 4 is 11.8 Å². The molecule has 0 aliphatic carbocycles. The second-order valence-corrected chi connectivity index (χ2v) is 12.8. The minimum absolute atomic E-state index is 0.129. The van der Waals surface area contributed by atoms with E-state index in [0.29, 0.717) is 41.5 Å². The molecule has 6 nitrogen and oxygen atoms in total. The van der Waals surface area contributed by atoms with Crippen LogP contribution < -0.4 is 5.56 Å². The number of carboxylic acid groups (broad SMARTS) is 1. The molecule has 1 N–H and O–H groups in total. The average Bonchev–Trinajstić information content (AvgIpc) is 2.89. The molecule has 0 aliphatic heterocycles. The summed E-state index contributed by atoms with van der Waals surface area (Å²) in [4.78, 5) is 41.5. The minimum atomic E-state index is -1.16. The van der Waals surface area contributed by atoms with E-state index in [1.165, 1.54) is 16.7 Å². The highest BCUT2D eigenvalue weighted by atomic mass is 19.1. The first-order chi connectivity index (χ1) is 20.6. The summed E-state index contributed by atoms with van der Waals surface area (Å²) in [6, 6.07) is 6.81. The van der Waals surface area contributed by atoms with Gasteiger partial charge in [0.1, 0.15) is 11.6 Å². The van der Waals surface area contributed by atoms with Crippen LogP contribution in [0.4, 0.5) is 8.78 Å². The predicted molar refractivity (Wildman–Crippen MR) is 171 cm³/mol. The van der Waals surface area contributed by atoms with Crippen molar-refractivity contribution in [1.29, 1.82) is 0 Å². The number of aliphatic carboxylic acids is 1. The van der Waals surface area contributed by atoms with Crippen molar-refractivity contribution in [2.75, 3.05) is 20.6 Å². The van der Waals surface area contributed by atoms with Gasteiger partial charge in [-0.2, -0.15) is 0 Å². The SMILES string of the molecule is Cc1cc(=O)n(C(CCC(C)C)C(=O)C[C@@H](CC(=O)O)c2cc(-c3c(C)cc(F)cc3C)cc(C)c2F)cc1CCN(C)C. The second-order valence-electron chi connectivity index (χ2n) is 12.8. The van der Waals surface area contributed by atoms with Crippen LogP contribution in [0.25, 0.3) is 11.1 Å². The molecule has 238 valence electrons. The van der Waals surface area contributed by atoms with Gasteiger partial charge in [-0.1, -0.05) is 13.8 Å². The Morgan fingerprint density at radius 3 is 2.09 bits per heavy atom. The molecule has 0 bridgehead atoms. The third kappa shape index (κ3) is 8.72. The van der Waals surface area contributed by atoms with E-state index in [1.807, 2.05) is 39.8 Å². The van der Waals surface area contributed by atoms with Crippen molar-refractivity contribution in [2.24, 2.45) is 5.92 Å². The molecule has 1 heterocycles. The number of carbonyl (C=O) groups excluding carboxylic acids is 1. The summed E-state index contributed by atoms with van der Waals surface area (Å²) in [6.45, 7) is 11.9. The summed E-state index contributed by atoms with van der Waals surface area (Å²) in [5.74, 6) is -3.10. The monoisotopic (exact) mass is 608 g/mol. The number of hydrogen-bond donors (Lipinski definition) is 1. The number of rotatable bonds is 14. The Morgan fingerprint density at radius 1 is 0.886 bits per heavy atom. The maximum atomic E-state index is 15.8. The largest absolute Gasteiger partial charge is 0.481 e. The molecule has 3 aromatic rings. The van der Waals surface area contributed by atoms with Gasteiger partial charge in [-0.25, -0.2) is 8.78 Å². The molecule has 44 heavy (non-hydrogen) atoms. The van der Waals surface area contributed by atoms with Crippen LogP contribution in [0, 0.1) is 45.2 Å². The number of carbonyl (C=O) groups is 2. The Kier molecular flexibility index (Phi) is 11.8. The fourth-order valence-corrected chi connectivity index (χ4v) is 5.97. The van der Waals surface area contributed by atoms with E-state index < -0.39 is 30.2 Å². The van der Waals surface area contributed by atoms with Gasteiger partial charge in [-0.15, -0.1) is 0 Å². The standard InChI is InChI=1S/C36H46F2N2O4/c1-21(2)9-10-31(40-20-26(11-12-39(7)8)22(3)16-33(40)42)32(41)18-27(19-34(43)44)30-17-28(13-25(6)36(30)38)35-23(4)14-29(37)15-24(35)5/h13-17,20-21,27,31H,9-12,18-19H2,1-8H3,(H,43,44)/t27-,31?/m0/s1. The molecule has 3 rings (SSSR count). The summed E-state index contributed by atoms with van der Waals surface area (Å²) >= 11 is 0. The fourth-order valence-electron chi connectivity index (χ4n) is 5.97. The molecule has 0 spiro atoms. The van der Waals surface area contributed by atoms with Crippen LogP contribution in [0.2, 0.25) is 0 Å². The van der Waals surface area contributed by atoms with E-state index in [4.69, 9.17) is 0 Å². The lowest BCUT2D eigenvalue weighted by Crippen LogP contribution is -2.32. The summed E-state index contributed by atoms with van der Waals surface area (Å²) in [5.41, 5.74) is 4.67. The van der Waals surface area contributed by atoms with Gasteiger partial charge in [0, 0.05) is 31.1 Å². The molecule has 0 aliphatic rings. The van der Waals surface area contributed by atoms with E-state index >= 15 is 4.39 Å². The maximum Gasteiger partial charge on any atom is 0.303 e. The lowest BCUT2D eigenvalue weighted by Gasteiger charge is -2.25. The quantitative estimate of drug-likeness (QED) is 0.207. The summed E-state index contributed by atoms with van der Waals surface area (Å²) in [7, 11) is 3.94. The summed E-state index contributed by atoms with van der Waals surface area (Å²) < 4.78 is 31.3. The number of carboxylic acids is 1. The average molecular weight is 609 g/mol. The normalized spacial score (nSPS) is 13.0. The highest BCUT2D eigenvalue weighted by Crippen LogP contribution is 2.36. The first-order valence-electron chi connectivity index (χ1n) is 15.3. The molecular weight excluding hydrogens is 562 g/mol. The Bertz CT molecular complexity index is 1550. The van der Waals surface area contributed by atoms with Gasteiger partial charge in [0.05, 0.1) is 12.5 Å². The smallest absolute Gasteiger partial charge is 0.303 e. The Hall–Kier alpha value is -3.65. The van der Waals surface area contributed by atoms with E-state index in [2.05, 4.69) is 0 Å². The number of halogens is 2. The third-order valence-electron chi connectivity index (χ3n) is 8.33. The third-order valence-corrected chi connectivity index (χ3v) is 8.33. The van der Waals surface area contributed by atoms with Gasteiger partial charge < -0.3 is 14.6 Å². The van der Waals surface area contributed by atoms with Gasteiger partial charge in [0.15, 0.2) is 5.78 Å². The van der Waals surface area contributed by atoms with Gasteiger partial charge in [0.2, 0.25) is 0 Å². The molecule has 0 saturated carbocycles. The van der Waals surface area contributed by atoms with E-state index in [1.54, 1.807) is 45.2 Å². The molecule has 2 atom stereocenters. The van der Waals surface area contributed by atoms with Crippen LogP contribution in [0.15, 0.2) is 41.3 Å². The van der Waals surface area contributed by atoms with Gasteiger partial charge in [-0.3, -0.25) is 14.4 Å². The van der Waals surface area contributed by atoms with Crippen molar-refractivity contribution < 1.29 is 23.5 Å². The summed E-state index contributed by atoms with van der Waals surface area (Å²) in [5, 5.41) is 9.84. The predicted octanol–water partition coefficient (Wildman–Crippen LogP) is 7.33. The number of hydrogen-bond acceptors (Lipinski definition) is 4. The Labute approximate surface area is 259 Å². The van der Waals surface area contributed by atoms with Crippen LogP contribution in [-0.4, -0.2) is 47.0 Å². The van der Waals surface area contributed by atoms with Crippen LogP contribution in [-0.2, 0) is 16.0 Å². The molecule has 8 heteroatoms. The number of nitrogens with zero attached hydrogens (tertiary/aromatic N) is 2. The number of benzene rings is 2. The minimum Gasteiger partial charge on any atom is -0.481 e. The first-order valence-corrected chi connectivity index (χ1v) is 15.3. The van der Waals surface area contributed by atoms with Crippen LogP contribution in [0.3, 0.4) is 0 Å². The number of aryl methyl sites for hydroxylation is 4. The van der Waals surface area contributed by atoms with E-state index in [0.717, 1.165) is 23.2 Å². The van der Waals surface area contributed by atoms with Crippen molar-refractivity contribution in [3.05, 3.63) is 91.9 Å². The zero-order valence-electron chi connectivity index (χ0n) is 27.3. The molecule has 0 saturated heterocycles. The molecule has 1 aromatic heterocycles. The number of aromatic nitrogens is 1. The Morgan fingerprint density at radius 2 is 1.52 bits per heavy atom. The Balaban J connectivity index is 2.10. The topological polar surface area (TPSA) is 79.6 Å². The molecule has 0 amide bonds. The molecule has 1 unspecified atom stereocenters. The van der Waals surface area contributed by atoms with Crippen LogP contribution >= 0.6 is 0 Å². The maximum absolute atomic E-state index is 15.8. The number of likely N-dealkylation sites (N-methyl/N-ethyl adjacent to an activating group) is 1. The first kappa shape index (κ1) is 34.8. The van der Waals surface area contributed by atoms with Crippen LogP contribution in [0.1, 0.15) is 84.9 Å². The van der Waals surface area contributed by atoms with Crippen molar-refractivity contribution in [1.82, 2.24) is 9.47 Å². The number of Topliss-reactive ketones (excluding diaryl/α,β-unsaturated/α-hetero) is 1. The lowest BCUT2D eigenvalue weighted by atomic mass is 9.84. The van der Waals surface area contributed by atoms with Crippen molar-refractivity contribution in [2.45, 2.75) is 85.6 Å². The lowest BCUT2D eigenvalue weighted by molar-refractivity contribution is -0.137. The molecular formula is C36H46F2N2O4. The van der Waals surface area contributed by atoms with E-state index in [9.17, 15) is 23.9 Å². The fraction of sp³-hybridized carbons (Fsp3) is 0.472. The zero-order valence-corrected chi connectivity index (χ0v) is 27.3. The zero-order chi connectivity index (χ0) is 32.9. The van der Waals surface area contributed by atoms with Crippen molar-refractivity contribution in [3.63, 3.8) is 0 Å². The number of ketones is 1. The van der Waals surface area contributed by atoms with Gasteiger partial charge >= 0.3 is 5.97 Å². The van der Waals surface area contributed by atoms with Crippen LogP contribution in [0.5, 0.6) is 0 Å². The van der Waals surface area contributed by atoms with Gasteiger partial charge in [-0.05, 0) is 136 Å². The highest BCUT2D eigenvalue weighted by molar-refractivity contribution is 5.84.